The molecule has 6 heteroatoms. The summed E-state index contributed by atoms with van der Waals surface area (Å²) in [6.45, 7) is 1.59. The van der Waals surface area contributed by atoms with Crippen molar-refractivity contribution in [2.24, 2.45) is 0 Å². The van der Waals surface area contributed by atoms with Crippen molar-refractivity contribution in [2.45, 2.75) is 6.92 Å². The molecule has 0 aliphatic heterocycles. The highest BCUT2D eigenvalue weighted by Crippen LogP contribution is 2.19. The number of carbonyl (C=O) groups is 1. The Labute approximate surface area is 125 Å². The van der Waals surface area contributed by atoms with Gasteiger partial charge in [-0.15, -0.1) is 0 Å². The smallest absolute Gasteiger partial charge is 0.338 e. The van der Waals surface area contributed by atoms with Crippen molar-refractivity contribution in [1.82, 2.24) is 9.66 Å². The van der Waals surface area contributed by atoms with E-state index < -0.39 is 5.97 Å². The molecule has 6 nitrogen and oxygen atoms in total. The van der Waals surface area contributed by atoms with Crippen LogP contribution >= 0.6 is 0 Å². The molecule has 0 amide bonds. The van der Waals surface area contributed by atoms with Crippen LogP contribution in [0.25, 0.3) is 10.8 Å². The van der Waals surface area contributed by atoms with Gasteiger partial charge in [-0.05, 0) is 25.1 Å². The SMILES string of the molecule is Cc1c(C(=O)O)c2ccccc2c(=O)n1Nc1ccccn1. The molecule has 0 saturated carbocycles. The number of aromatic nitrogens is 2. The molecule has 0 radical (unpaired) electrons. The molecule has 0 bridgehead atoms. The number of rotatable bonds is 3. The third-order valence-corrected chi connectivity index (χ3v) is 3.43. The third kappa shape index (κ3) is 2.20. The number of carboxylic acid groups (broad SMARTS) is 1. The second-order valence-corrected chi connectivity index (χ2v) is 4.78. The van der Waals surface area contributed by atoms with Gasteiger partial charge < -0.3 is 5.11 Å². The minimum absolute atomic E-state index is 0.0960. The maximum atomic E-state index is 12.6. The van der Waals surface area contributed by atoms with Crippen molar-refractivity contribution in [3.63, 3.8) is 0 Å². The first kappa shape index (κ1) is 13.8. The van der Waals surface area contributed by atoms with Gasteiger partial charge >= 0.3 is 5.97 Å². The van der Waals surface area contributed by atoms with Crippen molar-refractivity contribution in [1.29, 1.82) is 0 Å². The van der Waals surface area contributed by atoms with Crippen LogP contribution in [0.5, 0.6) is 0 Å². The number of hydrogen-bond donors (Lipinski definition) is 2. The molecule has 0 fully saturated rings. The van der Waals surface area contributed by atoms with Gasteiger partial charge in [0.1, 0.15) is 5.82 Å². The first-order valence-electron chi connectivity index (χ1n) is 6.65. The molecule has 0 aliphatic carbocycles. The Bertz CT molecular complexity index is 917. The minimum atomic E-state index is -1.08. The molecular weight excluding hydrogens is 282 g/mol. The van der Waals surface area contributed by atoms with E-state index in [4.69, 9.17) is 0 Å². The van der Waals surface area contributed by atoms with Crippen molar-refractivity contribution >= 4 is 22.6 Å². The molecule has 0 atom stereocenters. The molecule has 2 heterocycles. The molecule has 2 aromatic heterocycles. The summed E-state index contributed by atoms with van der Waals surface area (Å²) >= 11 is 0. The lowest BCUT2D eigenvalue weighted by molar-refractivity contribution is 0.0697. The number of hydrogen-bond acceptors (Lipinski definition) is 4. The third-order valence-electron chi connectivity index (χ3n) is 3.43. The fraction of sp³-hybridized carbons (Fsp3) is 0.0625. The summed E-state index contributed by atoms with van der Waals surface area (Å²) in [5.74, 6) is -0.621. The summed E-state index contributed by atoms with van der Waals surface area (Å²) in [6.07, 6.45) is 1.59. The first-order valence-corrected chi connectivity index (χ1v) is 6.65. The highest BCUT2D eigenvalue weighted by atomic mass is 16.4. The van der Waals surface area contributed by atoms with E-state index in [1.165, 1.54) is 4.68 Å². The van der Waals surface area contributed by atoms with Gasteiger partial charge in [0.15, 0.2) is 0 Å². The molecule has 2 N–H and O–H groups in total. The summed E-state index contributed by atoms with van der Waals surface area (Å²) in [4.78, 5) is 28.3. The number of anilines is 1. The Balaban J connectivity index is 2.31. The highest BCUT2D eigenvalue weighted by Gasteiger charge is 2.18. The monoisotopic (exact) mass is 295 g/mol. The molecule has 0 unspecified atom stereocenters. The van der Waals surface area contributed by atoms with E-state index in [9.17, 15) is 14.7 Å². The summed E-state index contributed by atoms with van der Waals surface area (Å²) in [5, 5.41) is 10.3. The van der Waals surface area contributed by atoms with Crippen LogP contribution in [0.1, 0.15) is 16.1 Å². The van der Waals surface area contributed by atoms with E-state index in [0.717, 1.165) is 0 Å². The predicted molar refractivity (Wildman–Crippen MR) is 83.2 cm³/mol. The maximum absolute atomic E-state index is 12.6. The topological polar surface area (TPSA) is 84.2 Å². The lowest BCUT2D eigenvalue weighted by atomic mass is 10.0. The first-order chi connectivity index (χ1) is 10.6. The van der Waals surface area contributed by atoms with Gasteiger partial charge in [0.2, 0.25) is 0 Å². The second-order valence-electron chi connectivity index (χ2n) is 4.78. The molecule has 0 aliphatic rings. The van der Waals surface area contributed by atoms with E-state index in [0.29, 0.717) is 22.3 Å². The van der Waals surface area contributed by atoms with Crippen molar-refractivity contribution in [3.8, 4) is 0 Å². The predicted octanol–water partition coefficient (Wildman–Crippen LogP) is 2.28. The van der Waals surface area contributed by atoms with Gasteiger partial charge in [0.05, 0.1) is 11.3 Å². The molecule has 1 aromatic carbocycles. The second kappa shape index (κ2) is 5.33. The minimum Gasteiger partial charge on any atom is -0.478 e. The largest absolute Gasteiger partial charge is 0.478 e. The van der Waals surface area contributed by atoms with E-state index >= 15 is 0 Å². The van der Waals surface area contributed by atoms with E-state index in [2.05, 4.69) is 10.4 Å². The zero-order valence-electron chi connectivity index (χ0n) is 11.8. The molecular formula is C16H13N3O3. The number of aromatic carboxylic acids is 1. The quantitative estimate of drug-likeness (QED) is 0.774. The fourth-order valence-corrected chi connectivity index (χ4v) is 2.42. The number of carboxylic acids is 1. The summed E-state index contributed by atoms with van der Waals surface area (Å²) in [6, 6.07) is 11.9. The highest BCUT2D eigenvalue weighted by molar-refractivity contribution is 6.04. The van der Waals surface area contributed by atoms with Crippen LogP contribution in [0.3, 0.4) is 0 Å². The van der Waals surface area contributed by atoms with Gasteiger partial charge in [0.25, 0.3) is 5.56 Å². The Morgan fingerprint density at radius 1 is 1.14 bits per heavy atom. The number of nitrogens with one attached hydrogen (secondary N) is 1. The fourth-order valence-electron chi connectivity index (χ4n) is 2.42. The van der Waals surface area contributed by atoms with Crippen molar-refractivity contribution < 1.29 is 9.90 Å². The maximum Gasteiger partial charge on any atom is 0.338 e. The summed E-state index contributed by atoms with van der Waals surface area (Å²) in [5.41, 5.74) is 2.96. The van der Waals surface area contributed by atoms with Crippen LogP contribution in [0.4, 0.5) is 5.82 Å². The van der Waals surface area contributed by atoms with E-state index in [1.807, 2.05) is 0 Å². The normalized spacial score (nSPS) is 10.6. The number of fused-ring (bicyclic) bond motifs is 1. The van der Waals surface area contributed by atoms with Crippen LogP contribution in [0.2, 0.25) is 0 Å². The van der Waals surface area contributed by atoms with Gasteiger partial charge in [0, 0.05) is 17.0 Å². The van der Waals surface area contributed by atoms with Gasteiger partial charge in [-0.25, -0.2) is 14.5 Å². The lowest BCUT2D eigenvalue weighted by Gasteiger charge is -2.16. The van der Waals surface area contributed by atoms with Gasteiger partial charge in [-0.3, -0.25) is 10.2 Å². The molecule has 0 spiro atoms. The Morgan fingerprint density at radius 2 is 1.82 bits per heavy atom. The Kier molecular flexibility index (Phi) is 3.34. The summed E-state index contributed by atoms with van der Waals surface area (Å²) < 4.78 is 1.22. The van der Waals surface area contributed by atoms with Crippen LogP contribution in [-0.4, -0.2) is 20.7 Å². The zero-order valence-corrected chi connectivity index (χ0v) is 11.8. The number of nitrogens with zero attached hydrogens (tertiary/aromatic N) is 2. The van der Waals surface area contributed by atoms with E-state index in [1.54, 1.807) is 55.6 Å². The van der Waals surface area contributed by atoms with Crippen LogP contribution in [-0.2, 0) is 0 Å². The number of benzene rings is 1. The molecule has 3 rings (SSSR count). The van der Waals surface area contributed by atoms with Crippen LogP contribution in [0, 0.1) is 6.92 Å². The van der Waals surface area contributed by atoms with Gasteiger partial charge in [-0.2, -0.15) is 0 Å². The zero-order chi connectivity index (χ0) is 15.7. The Morgan fingerprint density at radius 3 is 2.45 bits per heavy atom. The van der Waals surface area contributed by atoms with E-state index in [-0.39, 0.29) is 11.1 Å². The van der Waals surface area contributed by atoms with Crippen molar-refractivity contribution in [2.75, 3.05) is 5.43 Å². The standard InChI is InChI=1S/C16H13N3O3/c1-10-14(16(21)22)11-6-2-3-7-12(11)15(20)19(10)18-13-8-4-5-9-17-13/h2-9H,1H3,(H,17,18)(H,21,22). The lowest BCUT2D eigenvalue weighted by Crippen LogP contribution is -2.31. The van der Waals surface area contributed by atoms with Crippen molar-refractivity contribution in [3.05, 3.63) is 70.3 Å². The molecule has 3 aromatic rings. The van der Waals surface area contributed by atoms with Gasteiger partial charge in [-0.1, -0.05) is 24.3 Å². The van der Waals surface area contributed by atoms with Crippen LogP contribution < -0.4 is 11.0 Å². The average molecular weight is 295 g/mol. The molecule has 110 valence electrons. The average Bonchev–Trinajstić information content (AvgIpc) is 2.52. The summed E-state index contributed by atoms with van der Waals surface area (Å²) in [7, 11) is 0. The Hall–Kier alpha value is -3.15. The number of pyridine rings is 2. The molecule has 0 saturated heterocycles. The van der Waals surface area contributed by atoms with Crippen LogP contribution in [0.15, 0.2) is 53.5 Å². The molecule has 22 heavy (non-hydrogen) atoms.